The van der Waals surface area contributed by atoms with Crippen molar-refractivity contribution in [1.29, 1.82) is 0 Å². The number of nitrogens with zero attached hydrogens (tertiary/aromatic N) is 1. The van der Waals surface area contributed by atoms with Gasteiger partial charge in [0.1, 0.15) is 5.82 Å². The molecule has 1 amide bonds. The van der Waals surface area contributed by atoms with Crippen LogP contribution in [-0.2, 0) is 11.2 Å². The number of rotatable bonds is 7. The van der Waals surface area contributed by atoms with Crippen molar-refractivity contribution in [2.45, 2.75) is 6.42 Å². The SMILES string of the molecule is CN(CCO)CC(=O)NCCc1ccc(F)cc1. The third-order valence-electron chi connectivity index (χ3n) is 2.54. The van der Waals surface area contributed by atoms with E-state index in [9.17, 15) is 9.18 Å². The van der Waals surface area contributed by atoms with E-state index in [-0.39, 0.29) is 24.9 Å². The largest absolute Gasteiger partial charge is 0.395 e. The molecule has 0 fully saturated rings. The lowest BCUT2D eigenvalue weighted by Crippen LogP contribution is -2.37. The molecule has 2 N–H and O–H groups in total. The molecule has 1 aromatic rings. The Kier molecular flexibility index (Phi) is 6.32. The van der Waals surface area contributed by atoms with Crippen LogP contribution in [-0.4, -0.2) is 49.2 Å². The van der Waals surface area contributed by atoms with Crippen molar-refractivity contribution in [3.05, 3.63) is 35.6 Å². The van der Waals surface area contributed by atoms with Crippen molar-refractivity contribution in [2.24, 2.45) is 0 Å². The topological polar surface area (TPSA) is 52.6 Å². The highest BCUT2D eigenvalue weighted by molar-refractivity contribution is 5.77. The molecule has 0 aromatic heterocycles. The van der Waals surface area contributed by atoms with E-state index in [1.807, 2.05) is 0 Å². The highest BCUT2D eigenvalue weighted by atomic mass is 19.1. The number of amides is 1. The first-order valence-corrected chi connectivity index (χ1v) is 5.92. The third kappa shape index (κ3) is 5.75. The first-order valence-electron chi connectivity index (χ1n) is 5.92. The predicted octanol–water partition coefficient (Wildman–Crippen LogP) is 0.408. The van der Waals surface area contributed by atoms with Crippen molar-refractivity contribution < 1.29 is 14.3 Å². The molecule has 18 heavy (non-hydrogen) atoms. The summed E-state index contributed by atoms with van der Waals surface area (Å²) in [5.41, 5.74) is 0.986. The molecule has 0 bridgehead atoms. The van der Waals surface area contributed by atoms with Crippen LogP contribution in [0, 0.1) is 5.82 Å². The van der Waals surface area contributed by atoms with Gasteiger partial charge in [0.25, 0.3) is 0 Å². The van der Waals surface area contributed by atoms with Crippen molar-refractivity contribution in [2.75, 3.05) is 33.3 Å². The third-order valence-corrected chi connectivity index (χ3v) is 2.54. The minimum Gasteiger partial charge on any atom is -0.395 e. The highest BCUT2D eigenvalue weighted by Crippen LogP contribution is 2.02. The quantitative estimate of drug-likeness (QED) is 0.741. The Morgan fingerprint density at radius 2 is 2.06 bits per heavy atom. The molecule has 4 nitrogen and oxygen atoms in total. The number of nitrogens with one attached hydrogen (secondary N) is 1. The summed E-state index contributed by atoms with van der Waals surface area (Å²) in [4.78, 5) is 13.2. The van der Waals surface area contributed by atoms with Gasteiger partial charge in [-0.25, -0.2) is 4.39 Å². The van der Waals surface area contributed by atoms with Gasteiger partial charge in [-0.1, -0.05) is 12.1 Å². The smallest absolute Gasteiger partial charge is 0.234 e. The number of carbonyl (C=O) groups excluding carboxylic acids is 1. The van der Waals surface area contributed by atoms with Gasteiger partial charge in [0.15, 0.2) is 0 Å². The predicted molar refractivity (Wildman–Crippen MR) is 67.7 cm³/mol. The molecule has 0 aliphatic heterocycles. The second kappa shape index (κ2) is 7.79. The molecule has 100 valence electrons. The van der Waals surface area contributed by atoms with E-state index in [2.05, 4.69) is 5.32 Å². The molecule has 0 aliphatic rings. The van der Waals surface area contributed by atoms with Crippen molar-refractivity contribution in [3.8, 4) is 0 Å². The average molecular weight is 254 g/mol. The zero-order valence-corrected chi connectivity index (χ0v) is 10.5. The van der Waals surface area contributed by atoms with Crippen LogP contribution in [0.4, 0.5) is 4.39 Å². The number of halogens is 1. The van der Waals surface area contributed by atoms with Gasteiger partial charge in [-0.05, 0) is 31.2 Å². The van der Waals surface area contributed by atoms with E-state index in [4.69, 9.17) is 5.11 Å². The van der Waals surface area contributed by atoms with Crippen LogP contribution in [0.25, 0.3) is 0 Å². The number of carbonyl (C=O) groups is 1. The number of aliphatic hydroxyl groups excluding tert-OH is 1. The molecule has 0 aliphatic carbocycles. The summed E-state index contributed by atoms with van der Waals surface area (Å²) in [5.74, 6) is -0.332. The average Bonchev–Trinajstić information content (AvgIpc) is 2.32. The summed E-state index contributed by atoms with van der Waals surface area (Å²) in [6.07, 6.45) is 0.676. The second-order valence-electron chi connectivity index (χ2n) is 4.19. The standard InChI is InChI=1S/C13H19FN2O2/c1-16(8-9-17)10-13(18)15-7-6-11-2-4-12(14)5-3-11/h2-5,17H,6-10H2,1H3,(H,15,18). The zero-order chi connectivity index (χ0) is 13.4. The first kappa shape index (κ1) is 14.6. The van der Waals surface area contributed by atoms with Gasteiger partial charge in [-0.3, -0.25) is 9.69 Å². The summed E-state index contributed by atoms with van der Waals surface area (Å²) in [6.45, 7) is 1.31. The van der Waals surface area contributed by atoms with Gasteiger partial charge < -0.3 is 10.4 Å². The first-order chi connectivity index (χ1) is 8.61. The molecule has 0 saturated carbocycles. The fraction of sp³-hybridized carbons (Fsp3) is 0.462. The molecule has 1 aromatic carbocycles. The minimum absolute atomic E-state index is 0.0410. The molecule has 1 rings (SSSR count). The van der Waals surface area contributed by atoms with Crippen molar-refractivity contribution in [1.82, 2.24) is 10.2 Å². The Labute approximate surface area is 106 Å². The van der Waals surface area contributed by atoms with Crippen LogP contribution in [0.1, 0.15) is 5.56 Å². The van der Waals surface area contributed by atoms with E-state index in [0.717, 1.165) is 5.56 Å². The molecule has 0 unspecified atom stereocenters. The summed E-state index contributed by atoms with van der Waals surface area (Å²) in [7, 11) is 1.77. The van der Waals surface area contributed by atoms with Gasteiger partial charge in [0, 0.05) is 13.1 Å². The fourth-order valence-electron chi connectivity index (χ4n) is 1.55. The molecule has 0 atom stereocenters. The van der Waals surface area contributed by atoms with Crippen LogP contribution < -0.4 is 5.32 Å². The minimum atomic E-state index is -0.256. The van der Waals surface area contributed by atoms with E-state index in [1.54, 1.807) is 24.1 Å². The number of hydrogen-bond acceptors (Lipinski definition) is 3. The van der Waals surface area contributed by atoms with Gasteiger partial charge in [0.2, 0.25) is 5.91 Å². The number of aliphatic hydroxyl groups is 1. The van der Waals surface area contributed by atoms with Crippen LogP contribution in [0.3, 0.4) is 0 Å². The summed E-state index contributed by atoms with van der Waals surface area (Å²) in [6, 6.07) is 6.23. The van der Waals surface area contributed by atoms with Crippen LogP contribution >= 0.6 is 0 Å². The Morgan fingerprint density at radius 3 is 2.67 bits per heavy atom. The summed E-state index contributed by atoms with van der Waals surface area (Å²) < 4.78 is 12.7. The molecular weight excluding hydrogens is 235 g/mol. The molecular formula is C13H19FN2O2. The lowest BCUT2D eigenvalue weighted by Gasteiger charge is -2.14. The molecule has 0 spiro atoms. The maximum absolute atomic E-state index is 12.7. The molecule has 0 heterocycles. The van der Waals surface area contributed by atoms with Gasteiger partial charge in [-0.15, -0.1) is 0 Å². The van der Waals surface area contributed by atoms with E-state index < -0.39 is 0 Å². The van der Waals surface area contributed by atoms with Gasteiger partial charge >= 0.3 is 0 Å². The molecule has 5 heteroatoms. The molecule has 0 radical (unpaired) electrons. The normalized spacial score (nSPS) is 10.7. The number of benzene rings is 1. The monoisotopic (exact) mass is 254 g/mol. The number of hydrogen-bond donors (Lipinski definition) is 2. The van der Waals surface area contributed by atoms with Gasteiger partial charge in [-0.2, -0.15) is 0 Å². The Bertz CT molecular complexity index is 368. The van der Waals surface area contributed by atoms with Crippen molar-refractivity contribution >= 4 is 5.91 Å². The van der Waals surface area contributed by atoms with E-state index in [1.165, 1.54) is 12.1 Å². The Balaban J connectivity index is 2.21. The Morgan fingerprint density at radius 1 is 1.39 bits per heavy atom. The number of likely N-dealkylation sites (N-methyl/N-ethyl adjacent to an activating group) is 1. The van der Waals surface area contributed by atoms with Crippen LogP contribution in [0.15, 0.2) is 24.3 Å². The van der Waals surface area contributed by atoms with E-state index in [0.29, 0.717) is 19.5 Å². The summed E-state index contributed by atoms with van der Waals surface area (Å²) >= 11 is 0. The second-order valence-corrected chi connectivity index (χ2v) is 4.19. The summed E-state index contributed by atoms with van der Waals surface area (Å²) in [5, 5.41) is 11.5. The van der Waals surface area contributed by atoms with Gasteiger partial charge in [0.05, 0.1) is 13.2 Å². The van der Waals surface area contributed by atoms with Crippen molar-refractivity contribution in [3.63, 3.8) is 0 Å². The molecule has 0 saturated heterocycles. The lowest BCUT2D eigenvalue weighted by molar-refractivity contribution is -0.121. The van der Waals surface area contributed by atoms with Crippen LogP contribution in [0.2, 0.25) is 0 Å². The Hall–Kier alpha value is -1.46. The fourth-order valence-corrected chi connectivity index (χ4v) is 1.55. The zero-order valence-electron chi connectivity index (χ0n) is 10.5. The van der Waals surface area contributed by atoms with E-state index >= 15 is 0 Å². The maximum atomic E-state index is 12.7. The maximum Gasteiger partial charge on any atom is 0.234 e. The lowest BCUT2D eigenvalue weighted by atomic mass is 10.1. The highest BCUT2D eigenvalue weighted by Gasteiger charge is 2.05. The van der Waals surface area contributed by atoms with Crippen LogP contribution in [0.5, 0.6) is 0 Å².